The Labute approximate surface area is 124 Å². The van der Waals surface area contributed by atoms with E-state index in [9.17, 15) is 0 Å². The third kappa shape index (κ3) is 2.67. The summed E-state index contributed by atoms with van der Waals surface area (Å²) in [5, 5.41) is 5.66. The fourth-order valence-corrected chi connectivity index (χ4v) is 2.82. The van der Waals surface area contributed by atoms with E-state index in [4.69, 9.17) is 5.73 Å². The molecule has 4 nitrogen and oxygen atoms in total. The standard InChI is InChI=1S/C17H20N4/c1-3-16-14(11-21(2)20-16)15(18)10-12-8-9-19-17-7-5-4-6-13(12)17/h4-9,11,15H,3,10,18H2,1-2H3. The van der Waals surface area contributed by atoms with Gasteiger partial charge in [-0.2, -0.15) is 5.10 Å². The molecule has 0 bridgehead atoms. The van der Waals surface area contributed by atoms with Gasteiger partial charge in [0.2, 0.25) is 0 Å². The lowest BCUT2D eigenvalue weighted by Crippen LogP contribution is -2.14. The van der Waals surface area contributed by atoms with Gasteiger partial charge in [-0.05, 0) is 30.5 Å². The van der Waals surface area contributed by atoms with Crippen molar-refractivity contribution in [2.24, 2.45) is 12.8 Å². The van der Waals surface area contributed by atoms with Gasteiger partial charge in [-0.1, -0.05) is 25.1 Å². The Bertz CT molecular complexity index is 755. The Morgan fingerprint density at radius 3 is 2.86 bits per heavy atom. The van der Waals surface area contributed by atoms with Crippen LogP contribution >= 0.6 is 0 Å². The van der Waals surface area contributed by atoms with Crippen molar-refractivity contribution >= 4 is 10.9 Å². The minimum Gasteiger partial charge on any atom is -0.324 e. The molecule has 3 rings (SSSR count). The summed E-state index contributed by atoms with van der Waals surface area (Å²) in [5.74, 6) is 0. The summed E-state index contributed by atoms with van der Waals surface area (Å²) in [4.78, 5) is 4.40. The molecule has 0 amide bonds. The number of nitrogens with zero attached hydrogens (tertiary/aromatic N) is 3. The number of aromatic nitrogens is 3. The van der Waals surface area contributed by atoms with E-state index in [-0.39, 0.29) is 6.04 Å². The van der Waals surface area contributed by atoms with E-state index < -0.39 is 0 Å². The first-order valence-corrected chi connectivity index (χ1v) is 7.29. The van der Waals surface area contributed by atoms with Gasteiger partial charge in [0.1, 0.15) is 0 Å². The van der Waals surface area contributed by atoms with E-state index in [0.717, 1.165) is 29.6 Å². The molecule has 0 saturated heterocycles. The van der Waals surface area contributed by atoms with Gasteiger partial charge in [0.15, 0.2) is 0 Å². The van der Waals surface area contributed by atoms with E-state index >= 15 is 0 Å². The van der Waals surface area contributed by atoms with Gasteiger partial charge in [-0.25, -0.2) is 0 Å². The SMILES string of the molecule is CCc1nn(C)cc1C(N)Cc1ccnc2ccccc12. The highest BCUT2D eigenvalue weighted by atomic mass is 15.3. The van der Waals surface area contributed by atoms with Crippen molar-refractivity contribution in [3.8, 4) is 0 Å². The second kappa shape index (κ2) is 5.66. The van der Waals surface area contributed by atoms with Gasteiger partial charge in [-0.15, -0.1) is 0 Å². The molecule has 0 saturated carbocycles. The molecule has 2 heterocycles. The minimum absolute atomic E-state index is 0.0422. The summed E-state index contributed by atoms with van der Waals surface area (Å²) in [5.41, 5.74) is 10.9. The maximum Gasteiger partial charge on any atom is 0.0704 e. The number of benzene rings is 1. The van der Waals surface area contributed by atoms with Gasteiger partial charge in [0, 0.05) is 36.4 Å². The molecule has 0 aliphatic heterocycles. The van der Waals surface area contributed by atoms with Crippen LogP contribution in [0.5, 0.6) is 0 Å². The molecule has 0 aliphatic carbocycles. The first-order valence-electron chi connectivity index (χ1n) is 7.29. The number of aryl methyl sites for hydroxylation is 2. The molecule has 1 unspecified atom stereocenters. The molecule has 2 N–H and O–H groups in total. The van der Waals surface area contributed by atoms with Gasteiger partial charge in [0.05, 0.1) is 11.2 Å². The second-order valence-electron chi connectivity index (χ2n) is 5.36. The van der Waals surface area contributed by atoms with Crippen molar-refractivity contribution < 1.29 is 0 Å². The van der Waals surface area contributed by atoms with Crippen LogP contribution in [0.15, 0.2) is 42.7 Å². The molecule has 2 aromatic heterocycles. The van der Waals surface area contributed by atoms with Crippen molar-refractivity contribution in [3.63, 3.8) is 0 Å². The minimum atomic E-state index is -0.0422. The van der Waals surface area contributed by atoms with Crippen molar-refractivity contribution in [2.75, 3.05) is 0 Å². The number of hydrogen-bond acceptors (Lipinski definition) is 3. The first kappa shape index (κ1) is 13.8. The van der Waals surface area contributed by atoms with Crippen LogP contribution in [0.1, 0.15) is 29.8 Å². The maximum atomic E-state index is 6.43. The summed E-state index contributed by atoms with van der Waals surface area (Å²) in [6.45, 7) is 2.11. The quantitative estimate of drug-likeness (QED) is 0.799. The number of pyridine rings is 1. The number of hydrogen-bond donors (Lipinski definition) is 1. The molecular weight excluding hydrogens is 260 g/mol. The van der Waals surface area contributed by atoms with Gasteiger partial charge in [0.25, 0.3) is 0 Å². The number of nitrogens with two attached hydrogens (primary N) is 1. The van der Waals surface area contributed by atoms with Crippen LogP contribution in [0.25, 0.3) is 10.9 Å². The molecule has 1 aromatic carbocycles. The first-order chi connectivity index (χ1) is 10.2. The molecular formula is C17H20N4. The normalized spacial score (nSPS) is 12.7. The molecule has 21 heavy (non-hydrogen) atoms. The van der Waals surface area contributed by atoms with Crippen molar-refractivity contribution in [1.29, 1.82) is 0 Å². The lowest BCUT2D eigenvalue weighted by Gasteiger charge is -2.13. The summed E-state index contributed by atoms with van der Waals surface area (Å²) in [6, 6.07) is 10.2. The molecule has 0 aliphatic rings. The van der Waals surface area contributed by atoms with Gasteiger partial charge < -0.3 is 5.73 Å². The Morgan fingerprint density at radius 2 is 2.05 bits per heavy atom. The fourth-order valence-electron chi connectivity index (χ4n) is 2.82. The van der Waals surface area contributed by atoms with Crippen LogP contribution in [0, 0.1) is 0 Å². The largest absolute Gasteiger partial charge is 0.324 e. The van der Waals surface area contributed by atoms with Crippen LogP contribution in [-0.2, 0) is 19.9 Å². The van der Waals surface area contributed by atoms with Crippen LogP contribution in [0.2, 0.25) is 0 Å². The monoisotopic (exact) mass is 280 g/mol. The molecule has 0 fully saturated rings. The molecule has 3 aromatic rings. The smallest absolute Gasteiger partial charge is 0.0704 e. The highest BCUT2D eigenvalue weighted by molar-refractivity contribution is 5.81. The third-order valence-corrected chi connectivity index (χ3v) is 3.85. The van der Waals surface area contributed by atoms with E-state index in [1.54, 1.807) is 0 Å². The Morgan fingerprint density at radius 1 is 1.24 bits per heavy atom. The van der Waals surface area contributed by atoms with Crippen LogP contribution in [-0.4, -0.2) is 14.8 Å². The van der Waals surface area contributed by atoms with Crippen molar-refractivity contribution in [2.45, 2.75) is 25.8 Å². The second-order valence-corrected chi connectivity index (χ2v) is 5.36. The highest BCUT2D eigenvalue weighted by Gasteiger charge is 2.15. The molecule has 108 valence electrons. The molecule has 0 spiro atoms. The average Bonchev–Trinajstić information content (AvgIpc) is 2.89. The topological polar surface area (TPSA) is 56.7 Å². The average molecular weight is 280 g/mol. The Kier molecular flexibility index (Phi) is 3.71. The lowest BCUT2D eigenvalue weighted by molar-refractivity contribution is 0.714. The van der Waals surface area contributed by atoms with Crippen molar-refractivity contribution in [1.82, 2.24) is 14.8 Å². The Balaban J connectivity index is 1.94. The molecule has 0 radical (unpaired) electrons. The zero-order chi connectivity index (χ0) is 14.8. The summed E-state index contributed by atoms with van der Waals surface area (Å²) in [6.07, 6.45) is 5.59. The van der Waals surface area contributed by atoms with E-state index in [2.05, 4.69) is 29.1 Å². The van der Waals surface area contributed by atoms with E-state index in [1.807, 2.05) is 42.3 Å². The van der Waals surface area contributed by atoms with Crippen LogP contribution in [0.4, 0.5) is 0 Å². The molecule has 4 heteroatoms. The fraction of sp³-hybridized carbons (Fsp3) is 0.294. The van der Waals surface area contributed by atoms with Crippen LogP contribution in [0.3, 0.4) is 0 Å². The number of para-hydroxylation sites is 1. The Hall–Kier alpha value is -2.20. The number of rotatable bonds is 4. The lowest BCUT2D eigenvalue weighted by atomic mass is 9.97. The predicted molar refractivity (Wildman–Crippen MR) is 85.0 cm³/mol. The zero-order valence-corrected chi connectivity index (χ0v) is 12.5. The zero-order valence-electron chi connectivity index (χ0n) is 12.5. The van der Waals surface area contributed by atoms with Crippen LogP contribution < -0.4 is 5.73 Å². The predicted octanol–water partition coefficient (Wildman–Crippen LogP) is 2.77. The summed E-state index contributed by atoms with van der Waals surface area (Å²) >= 11 is 0. The number of fused-ring (bicyclic) bond motifs is 1. The molecule has 1 atom stereocenters. The summed E-state index contributed by atoms with van der Waals surface area (Å²) < 4.78 is 1.85. The maximum absolute atomic E-state index is 6.43. The van der Waals surface area contributed by atoms with E-state index in [1.165, 1.54) is 10.9 Å². The van der Waals surface area contributed by atoms with E-state index in [0.29, 0.717) is 0 Å². The van der Waals surface area contributed by atoms with Gasteiger partial charge >= 0.3 is 0 Å². The van der Waals surface area contributed by atoms with Crippen molar-refractivity contribution in [3.05, 3.63) is 59.5 Å². The highest BCUT2D eigenvalue weighted by Crippen LogP contribution is 2.23. The van der Waals surface area contributed by atoms with Gasteiger partial charge in [-0.3, -0.25) is 9.67 Å². The summed E-state index contributed by atoms with van der Waals surface area (Å²) in [7, 11) is 1.94. The third-order valence-electron chi connectivity index (χ3n) is 3.85.